The van der Waals surface area contributed by atoms with Crippen LogP contribution >= 0.6 is 0 Å². The van der Waals surface area contributed by atoms with Crippen LogP contribution in [0.4, 0.5) is 0 Å². The van der Waals surface area contributed by atoms with Gasteiger partial charge in [0.05, 0.1) is 0 Å². The lowest BCUT2D eigenvalue weighted by Crippen LogP contribution is -2.68. The van der Waals surface area contributed by atoms with Gasteiger partial charge in [-0.1, -0.05) is 53.9 Å². The molecular weight excluding hydrogens is 452 g/mol. The van der Waals surface area contributed by atoms with Crippen LogP contribution in [0.15, 0.2) is 0 Å². The lowest BCUT2D eigenvalue weighted by Gasteiger charge is -2.63. The molecule has 204 valence electrons. The number of carbonyl (C=O) groups excluding carboxylic acids is 3. The zero-order valence-corrected chi connectivity index (χ0v) is 23.9. The summed E-state index contributed by atoms with van der Waals surface area (Å²) < 4.78 is 11.6. The molecule has 4 fully saturated rings. The van der Waals surface area contributed by atoms with Gasteiger partial charge in [0.15, 0.2) is 11.4 Å². The molecule has 4 aliphatic rings. The number of esters is 2. The van der Waals surface area contributed by atoms with Crippen LogP contribution in [-0.2, 0) is 23.9 Å². The molecule has 0 aromatic heterocycles. The van der Waals surface area contributed by atoms with E-state index in [0.29, 0.717) is 36.0 Å². The molecule has 0 N–H and O–H groups in total. The second kappa shape index (κ2) is 10.1. The Morgan fingerprint density at radius 3 is 2.31 bits per heavy atom. The van der Waals surface area contributed by atoms with E-state index in [1.807, 2.05) is 0 Å². The van der Waals surface area contributed by atoms with E-state index in [2.05, 4.69) is 34.6 Å². The van der Waals surface area contributed by atoms with Gasteiger partial charge in [0.25, 0.3) is 0 Å². The Labute approximate surface area is 218 Å². The van der Waals surface area contributed by atoms with Gasteiger partial charge in [0.1, 0.15) is 6.10 Å². The van der Waals surface area contributed by atoms with Crippen molar-refractivity contribution in [2.45, 2.75) is 131 Å². The minimum absolute atomic E-state index is 0.0657. The first-order chi connectivity index (χ1) is 16.8. The first kappa shape index (κ1) is 27.6. The van der Waals surface area contributed by atoms with Gasteiger partial charge in [-0.2, -0.15) is 0 Å². The zero-order chi connectivity index (χ0) is 26.5. The largest absolute Gasteiger partial charge is 0.462 e. The topological polar surface area (TPSA) is 69.7 Å². The number of hydrogen-bond acceptors (Lipinski definition) is 5. The molecule has 0 aromatic carbocycles. The van der Waals surface area contributed by atoms with E-state index in [9.17, 15) is 14.4 Å². The Kier molecular flexibility index (Phi) is 7.72. The minimum Gasteiger partial charge on any atom is -0.462 e. The quantitative estimate of drug-likeness (QED) is 0.354. The van der Waals surface area contributed by atoms with Gasteiger partial charge in [0, 0.05) is 32.1 Å². The predicted molar refractivity (Wildman–Crippen MR) is 140 cm³/mol. The molecule has 0 spiro atoms. The molecule has 0 bridgehead atoms. The molecule has 8 unspecified atom stereocenters. The molecule has 0 heterocycles. The summed E-state index contributed by atoms with van der Waals surface area (Å²) in [6.45, 7) is 14.7. The summed E-state index contributed by atoms with van der Waals surface area (Å²) in [7, 11) is 0. The number of fused-ring (bicyclic) bond motifs is 5. The number of rotatable bonds is 7. The Bertz CT molecular complexity index is 865. The van der Waals surface area contributed by atoms with E-state index in [4.69, 9.17) is 9.47 Å². The molecular formula is C31H50O5. The van der Waals surface area contributed by atoms with Gasteiger partial charge in [-0.05, 0) is 79.4 Å². The smallest absolute Gasteiger partial charge is 0.303 e. The fourth-order valence-electron chi connectivity index (χ4n) is 9.80. The molecule has 0 saturated heterocycles. The van der Waals surface area contributed by atoms with Crippen LogP contribution in [0.5, 0.6) is 0 Å². The SMILES string of the molecule is CC(=O)OC1CCC2(C)C3CCC4(C)C(CCC4[C@H](C)CCCC(C)C)C3CC(=O)C2(OC(C)=O)C1. The van der Waals surface area contributed by atoms with E-state index in [0.717, 1.165) is 37.0 Å². The molecule has 5 nitrogen and oxygen atoms in total. The number of carbonyl (C=O) groups is 3. The van der Waals surface area contributed by atoms with Crippen molar-refractivity contribution in [2.24, 2.45) is 46.3 Å². The normalized spacial score (nSPS) is 42.8. The third-order valence-corrected chi connectivity index (χ3v) is 11.4. The standard InChI is InChI=1S/C31H50O5/c1-19(2)9-8-10-20(3)25-11-12-26-24-17-28(34)31(36-22(5)33)18-23(35-21(4)32)13-16-30(31,7)27(24)14-15-29(25,26)6/h19-20,23-27H,8-18H2,1-7H3/t20-,23?,24?,25?,26?,27?,29?,30?,31?/m1/s1. The summed E-state index contributed by atoms with van der Waals surface area (Å²) in [5.74, 6) is 2.84. The van der Waals surface area contributed by atoms with Crippen LogP contribution in [0.2, 0.25) is 0 Å². The van der Waals surface area contributed by atoms with Crippen molar-refractivity contribution in [3.8, 4) is 0 Å². The van der Waals surface area contributed by atoms with Crippen LogP contribution in [0, 0.1) is 46.3 Å². The van der Waals surface area contributed by atoms with Gasteiger partial charge >= 0.3 is 11.9 Å². The van der Waals surface area contributed by atoms with Crippen molar-refractivity contribution in [3.05, 3.63) is 0 Å². The van der Waals surface area contributed by atoms with Crippen molar-refractivity contribution in [1.82, 2.24) is 0 Å². The van der Waals surface area contributed by atoms with Crippen molar-refractivity contribution in [3.63, 3.8) is 0 Å². The van der Waals surface area contributed by atoms with Crippen LogP contribution in [0.1, 0.15) is 119 Å². The fourth-order valence-corrected chi connectivity index (χ4v) is 9.80. The third kappa shape index (κ3) is 4.55. The van der Waals surface area contributed by atoms with Crippen molar-refractivity contribution >= 4 is 17.7 Å². The summed E-state index contributed by atoms with van der Waals surface area (Å²) in [6, 6.07) is 0. The number of ketones is 1. The van der Waals surface area contributed by atoms with Crippen LogP contribution in [0.25, 0.3) is 0 Å². The van der Waals surface area contributed by atoms with E-state index < -0.39 is 17.0 Å². The van der Waals surface area contributed by atoms with Crippen molar-refractivity contribution < 1.29 is 23.9 Å². The molecule has 0 radical (unpaired) electrons. The average Bonchev–Trinajstić information content (AvgIpc) is 3.12. The highest BCUT2D eigenvalue weighted by Crippen LogP contribution is 2.69. The van der Waals surface area contributed by atoms with Crippen LogP contribution in [-0.4, -0.2) is 29.4 Å². The molecule has 5 heteroatoms. The maximum absolute atomic E-state index is 14.1. The summed E-state index contributed by atoms with van der Waals surface area (Å²) in [5.41, 5.74) is -1.28. The first-order valence-electron chi connectivity index (χ1n) is 14.7. The van der Waals surface area contributed by atoms with E-state index in [1.54, 1.807) is 0 Å². The van der Waals surface area contributed by atoms with Crippen molar-refractivity contribution in [1.29, 1.82) is 0 Å². The second-order valence-electron chi connectivity index (χ2n) is 13.8. The average molecular weight is 503 g/mol. The molecule has 0 aliphatic heterocycles. The summed E-state index contributed by atoms with van der Waals surface area (Å²) in [4.78, 5) is 38.1. The number of Topliss-reactive ketones (excluding diaryl/α,β-unsaturated/α-hetero) is 1. The van der Waals surface area contributed by atoms with Gasteiger partial charge in [-0.25, -0.2) is 0 Å². The summed E-state index contributed by atoms with van der Waals surface area (Å²) >= 11 is 0. The fraction of sp³-hybridized carbons (Fsp3) is 0.903. The van der Waals surface area contributed by atoms with Gasteiger partial charge in [-0.3, -0.25) is 14.4 Å². The van der Waals surface area contributed by atoms with Crippen molar-refractivity contribution in [2.75, 3.05) is 0 Å². The Morgan fingerprint density at radius 1 is 0.944 bits per heavy atom. The molecule has 4 saturated carbocycles. The molecule has 4 rings (SSSR count). The zero-order valence-electron chi connectivity index (χ0n) is 23.9. The summed E-state index contributed by atoms with van der Waals surface area (Å²) in [5, 5.41) is 0. The number of ether oxygens (including phenoxy) is 2. The van der Waals surface area contributed by atoms with Gasteiger partial charge < -0.3 is 9.47 Å². The third-order valence-electron chi connectivity index (χ3n) is 11.4. The Balaban J connectivity index is 1.59. The predicted octanol–water partition coefficient (Wildman–Crippen LogP) is 6.90. The van der Waals surface area contributed by atoms with E-state index in [1.165, 1.54) is 52.4 Å². The van der Waals surface area contributed by atoms with E-state index in [-0.39, 0.29) is 17.9 Å². The van der Waals surface area contributed by atoms with Gasteiger partial charge in [-0.15, -0.1) is 0 Å². The minimum atomic E-state index is -1.17. The monoisotopic (exact) mass is 502 g/mol. The van der Waals surface area contributed by atoms with Gasteiger partial charge in [0.2, 0.25) is 0 Å². The number of hydrogen-bond donors (Lipinski definition) is 0. The Hall–Kier alpha value is -1.39. The highest BCUT2D eigenvalue weighted by atomic mass is 16.6. The first-order valence-corrected chi connectivity index (χ1v) is 14.7. The maximum Gasteiger partial charge on any atom is 0.303 e. The molecule has 36 heavy (non-hydrogen) atoms. The lowest BCUT2D eigenvalue weighted by molar-refractivity contribution is -0.230. The van der Waals surface area contributed by atoms with Crippen LogP contribution < -0.4 is 0 Å². The highest BCUT2D eigenvalue weighted by Gasteiger charge is 2.70. The maximum atomic E-state index is 14.1. The summed E-state index contributed by atoms with van der Waals surface area (Å²) in [6.07, 6.45) is 10.6. The van der Waals surface area contributed by atoms with Crippen LogP contribution in [0.3, 0.4) is 0 Å². The highest BCUT2D eigenvalue weighted by molar-refractivity contribution is 5.92. The molecule has 4 aliphatic carbocycles. The molecule has 0 amide bonds. The molecule has 9 atom stereocenters. The Morgan fingerprint density at radius 2 is 1.67 bits per heavy atom. The lowest BCUT2D eigenvalue weighted by atomic mass is 9.42. The second-order valence-corrected chi connectivity index (χ2v) is 13.8. The van der Waals surface area contributed by atoms with E-state index >= 15 is 0 Å². The molecule has 0 aromatic rings.